The average Bonchev–Trinajstić information content (AvgIpc) is 3.04. The van der Waals surface area contributed by atoms with Crippen LogP contribution in [0.5, 0.6) is 11.5 Å². The van der Waals surface area contributed by atoms with Crippen molar-refractivity contribution in [2.75, 3.05) is 19.8 Å². The van der Waals surface area contributed by atoms with Gasteiger partial charge in [0.05, 0.1) is 24.2 Å². The van der Waals surface area contributed by atoms with E-state index in [9.17, 15) is 17.2 Å². The second-order valence-corrected chi connectivity index (χ2v) is 8.50. The van der Waals surface area contributed by atoms with E-state index in [1.165, 1.54) is 4.31 Å². The lowest BCUT2D eigenvalue weighted by Crippen LogP contribution is -2.30. The molecular formula is C19H19F2NO4S. The number of hydrogen-bond acceptors (Lipinski definition) is 4. The van der Waals surface area contributed by atoms with Crippen LogP contribution in [0, 0.1) is 11.6 Å². The third kappa shape index (κ3) is 3.39. The lowest BCUT2D eigenvalue weighted by atomic mass is 10.0. The fourth-order valence-electron chi connectivity index (χ4n) is 3.52. The maximum atomic E-state index is 13.6. The Hall–Kier alpha value is -2.19. The molecule has 0 spiro atoms. The van der Waals surface area contributed by atoms with E-state index in [1.807, 2.05) is 12.1 Å². The Morgan fingerprint density at radius 3 is 2.48 bits per heavy atom. The predicted octanol–water partition coefficient (Wildman–Crippen LogP) is 3.65. The molecule has 27 heavy (non-hydrogen) atoms. The zero-order chi connectivity index (χ0) is 19.0. The van der Waals surface area contributed by atoms with Crippen LogP contribution in [0.4, 0.5) is 8.78 Å². The summed E-state index contributed by atoms with van der Waals surface area (Å²) < 4.78 is 65.4. The largest absolute Gasteiger partial charge is 0.490 e. The van der Waals surface area contributed by atoms with Crippen molar-refractivity contribution in [1.29, 1.82) is 0 Å². The first-order chi connectivity index (χ1) is 13.0. The maximum absolute atomic E-state index is 13.6. The lowest BCUT2D eigenvalue weighted by Gasteiger charge is -2.25. The molecule has 2 aliphatic rings. The minimum Gasteiger partial charge on any atom is -0.490 e. The number of sulfonamides is 1. The summed E-state index contributed by atoms with van der Waals surface area (Å²) in [6, 6.07) is 7.70. The minimum atomic E-state index is -3.95. The van der Waals surface area contributed by atoms with Gasteiger partial charge in [-0.3, -0.25) is 0 Å². The van der Waals surface area contributed by atoms with E-state index in [-0.39, 0.29) is 10.9 Å². The molecule has 1 saturated heterocycles. The number of halogens is 2. The van der Waals surface area contributed by atoms with Gasteiger partial charge < -0.3 is 9.47 Å². The van der Waals surface area contributed by atoms with Crippen LogP contribution in [0.25, 0.3) is 0 Å². The van der Waals surface area contributed by atoms with E-state index in [2.05, 4.69) is 0 Å². The lowest BCUT2D eigenvalue weighted by molar-refractivity contribution is 0.296. The maximum Gasteiger partial charge on any atom is 0.243 e. The van der Waals surface area contributed by atoms with Crippen molar-refractivity contribution in [3.05, 3.63) is 53.6 Å². The first kappa shape index (κ1) is 18.2. The van der Waals surface area contributed by atoms with Crippen LogP contribution in [-0.2, 0) is 10.0 Å². The normalized spacial score (nSPS) is 20.4. The molecular weight excluding hydrogens is 376 g/mol. The molecule has 2 heterocycles. The first-order valence-electron chi connectivity index (χ1n) is 8.83. The van der Waals surface area contributed by atoms with Gasteiger partial charge in [-0.1, -0.05) is 6.07 Å². The van der Waals surface area contributed by atoms with Gasteiger partial charge in [0.1, 0.15) is 0 Å². The summed E-state index contributed by atoms with van der Waals surface area (Å²) in [5.74, 6) is -1.01. The third-order valence-corrected chi connectivity index (χ3v) is 6.76. The first-order valence-corrected chi connectivity index (χ1v) is 10.3. The molecule has 0 radical (unpaired) electrons. The average molecular weight is 395 g/mol. The molecule has 0 N–H and O–H groups in total. The van der Waals surface area contributed by atoms with Gasteiger partial charge in [0.2, 0.25) is 10.0 Å². The van der Waals surface area contributed by atoms with E-state index >= 15 is 0 Å². The van der Waals surface area contributed by atoms with Gasteiger partial charge in [0, 0.05) is 13.0 Å². The van der Waals surface area contributed by atoms with Crippen molar-refractivity contribution in [2.45, 2.75) is 30.2 Å². The summed E-state index contributed by atoms with van der Waals surface area (Å²) >= 11 is 0. The number of rotatable bonds is 3. The second kappa shape index (κ2) is 7.09. The molecule has 144 valence electrons. The van der Waals surface area contributed by atoms with Crippen LogP contribution in [0.1, 0.15) is 30.9 Å². The zero-order valence-corrected chi connectivity index (χ0v) is 15.3. The molecule has 0 bridgehead atoms. The molecule has 5 nitrogen and oxygen atoms in total. The van der Waals surface area contributed by atoms with E-state index in [4.69, 9.17) is 9.47 Å². The van der Waals surface area contributed by atoms with E-state index in [0.717, 1.165) is 30.2 Å². The highest BCUT2D eigenvalue weighted by atomic mass is 32.2. The Morgan fingerprint density at radius 1 is 0.926 bits per heavy atom. The standard InChI is InChI=1S/C19H19F2NO4S/c20-15-6-5-14(12-16(15)21)27(23,24)22-8-1-3-17(22)13-4-7-18-19(11-13)26-10-2-9-25-18/h4-7,11-12,17H,1-3,8-10H2/t17-/m0/s1. The minimum absolute atomic E-state index is 0.248. The second-order valence-electron chi connectivity index (χ2n) is 6.61. The van der Waals surface area contributed by atoms with Crippen LogP contribution in [0.2, 0.25) is 0 Å². The van der Waals surface area contributed by atoms with Crippen LogP contribution in [-0.4, -0.2) is 32.5 Å². The molecule has 2 aromatic rings. The Balaban J connectivity index is 1.68. The van der Waals surface area contributed by atoms with Crippen molar-refractivity contribution >= 4 is 10.0 Å². The topological polar surface area (TPSA) is 55.8 Å². The van der Waals surface area contributed by atoms with Gasteiger partial charge in [-0.25, -0.2) is 17.2 Å². The van der Waals surface area contributed by atoms with E-state index < -0.39 is 21.7 Å². The Kier molecular flexibility index (Phi) is 4.77. The highest BCUT2D eigenvalue weighted by Gasteiger charge is 2.37. The smallest absolute Gasteiger partial charge is 0.243 e. The molecule has 0 amide bonds. The SMILES string of the molecule is O=S(=O)(c1ccc(F)c(F)c1)N1CCC[C@H]1c1ccc2c(c1)OCCCO2. The van der Waals surface area contributed by atoms with Gasteiger partial charge in [0.15, 0.2) is 23.1 Å². The summed E-state index contributed by atoms with van der Waals surface area (Å²) in [4.78, 5) is -0.248. The van der Waals surface area contributed by atoms with Gasteiger partial charge in [-0.2, -0.15) is 4.31 Å². The molecule has 1 fully saturated rings. The fraction of sp³-hybridized carbons (Fsp3) is 0.368. The summed E-state index contributed by atoms with van der Waals surface area (Å²) in [5, 5.41) is 0. The summed E-state index contributed by atoms with van der Waals surface area (Å²) in [6.45, 7) is 1.44. The Bertz CT molecular complexity index is 964. The van der Waals surface area contributed by atoms with Gasteiger partial charge in [0.25, 0.3) is 0 Å². The zero-order valence-electron chi connectivity index (χ0n) is 14.5. The van der Waals surface area contributed by atoms with Crippen LogP contribution < -0.4 is 9.47 Å². The molecule has 2 aromatic carbocycles. The highest BCUT2D eigenvalue weighted by Crippen LogP contribution is 2.40. The molecule has 0 aromatic heterocycles. The molecule has 8 heteroatoms. The molecule has 0 aliphatic carbocycles. The van der Waals surface area contributed by atoms with Crippen molar-refractivity contribution in [3.8, 4) is 11.5 Å². The van der Waals surface area contributed by atoms with Crippen molar-refractivity contribution < 1.29 is 26.7 Å². The molecule has 0 unspecified atom stereocenters. The monoisotopic (exact) mass is 395 g/mol. The third-order valence-electron chi connectivity index (χ3n) is 4.86. The number of benzene rings is 2. The van der Waals surface area contributed by atoms with Gasteiger partial charge in [-0.05, 0) is 48.7 Å². The van der Waals surface area contributed by atoms with Crippen LogP contribution in [0.15, 0.2) is 41.3 Å². The quantitative estimate of drug-likeness (QED) is 0.796. The van der Waals surface area contributed by atoms with Crippen molar-refractivity contribution in [2.24, 2.45) is 0 Å². The number of nitrogens with zero attached hydrogens (tertiary/aromatic N) is 1. The number of fused-ring (bicyclic) bond motifs is 1. The van der Waals surface area contributed by atoms with Crippen molar-refractivity contribution in [1.82, 2.24) is 4.31 Å². The summed E-state index contributed by atoms with van der Waals surface area (Å²) in [6.07, 6.45) is 2.11. The number of ether oxygens (including phenoxy) is 2. The van der Waals surface area contributed by atoms with Crippen LogP contribution >= 0.6 is 0 Å². The van der Waals surface area contributed by atoms with Crippen molar-refractivity contribution in [3.63, 3.8) is 0 Å². The van der Waals surface area contributed by atoms with Crippen LogP contribution in [0.3, 0.4) is 0 Å². The molecule has 2 aliphatic heterocycles. The van der Waals surface area contributed by atoms with E-state index in [1.54, 1.807) is 6.07 Å². The fourth-order valence-corrected chi connectivity index (χ4v) is 5.22. The summed E-state index contributed by atoms with van der Waals surface area (Å²) in [5.41, 5.74) is 0.794. The van der Waals surface area contributed by atoms with E-state index in [0.29, 0.717) is 44.1 Å². The number of hydrogen-bond donors (Lipinski definition) is 0. The Labute approximate surface area is 156 Å². The predicted molar refractivity (Wildman–Crippen MR) is 94.3 cm³/mol. The highest BCUT2D eigenvalue weighted by molar-refractivity contribution is 7.89. The molecule has 1 atom stereocenters. The Morgan fingerprint density at radius 2 is 1.70 bits per heavy atom. The summed E-state index contributed by atoms with van der Waals surface area (Å²) in [7, 11) is -3.95. The molecule has 0 saturated carbocycles. The van der Waals surface area contributed by atoms with Gasteiger partial charge in [-0.15, -0.1) is 0 Å². The molecule has 4 rings (SSSR count). The van der Waals surface area contributed by atoms with Gasteiger partial charge >= 0.3 is 0 Å².